The van der Waals surface area contributed by atoms with Crippen molar-refractivity contribution < 1.29 is 4.39 Å². The lowest BCUT2D eigenvalue weighted by Gasteiger charge is -2.01. The normalized spacial score (nSPS) is 11.6. The lowest BCUT2D eigenvalue weighted by Crippen LogP contribution is -2.17. The van der Waals surface area contributed by atoms with Gasteiger partial charge in [0.2, 0.25) is 0 Å². The molecule has 0 aliphatic heterocycles. The quantitative estimate of drug-likeness (QED) is 0.925. The van der Waals surface area contributed by atoms with E-state index in [9.17, 15) is 9.18 Å². The molecule has 0 spiro atoms. The molecule has 0 saturated carbocycles. The van der Waals surface area contributed by atoms with Crippen molar-refractivity contribution in [1.29, 1.82) is 0 Å². The Bertz CT molecular complexity index is 647. The van der Waals surface area contributed by atoms with Gasteiger partial charge < -0.3 is 10.3 Å². The van der Waals surface area contributed by atoms with Crippen LogP contribution in [0.3, 0.4) is 0 Å². The van der Waals surface area contributed by atoms with Crippen molar-refractivity contribution in [3.05, 3.63) is 40.7 Å². The van der Waals surface area contributed by atoms with Gasteiger partial charge in [-0.3, -0.25) is 9.48 Å². The van der Waals surface area contributed by atoms with Gasteiger partial charge in [0.1, 0.15) is 0 Å². The van der Waals surface area contributed by atoms with Gasteiger partial charge in [-0.05, 0) is 18.6 Å². The van der Waals surface area contributed by atoms with Gasteiger partial charge in [-0.1, -0.05) is 0 Å². The van der Waals surface area contributed by atoms with Gasteiger partial charge >= 0.3 is 0 Å². The molecule has 0 fully saturated rings. The molecule has 2 aromatic rings. The summed E-state index contributed by atoms with van der Waals surface area (Å²) in [4.78, 5) is 12.0. The molecule has 0 radical (unpaired) electrons. The van der Waals surface area contributed by atoms with Crippen LogP contribution in [0.2, 0.25) is 0 Å². The largest absolute Gasteiger partial charge is 0.327 e. The summed E-state index contributed by atoms with van der Waals surface area (Å²) >= 11 is 0. The molecule has 0 aliphatic carbocycles. The molecule has 0 aliphatic rings. The van der Waals surface area contributed by atoms with E-state index in [1.165, 1.54) is 4.68 Å². The van der Waals surface area contributed by atoms with Crippen LogP contribution in [-0.4, -0.2) is 20.9 Å². The van der Waals surface area contributed by atoms with E-state index in [2.05, 4.69) is 5.10 Å². The van der Waals surface area contributed by atoms with Crippen molar-refractivity contribution in [3.8, 4) is 0 Å². The van der Waals surface area contributed by atoms with Crippen molar-refractivity contribution in [3.63, 3.8) is 0 Å². The number of hydrogen-bond donors (Lipinski definition) is 1. The second kappa shape index (κ2) is 6.49. The number of nitrogens with zero attached hydrogens (tertiary/aromatic N) is 3. The highest BCUT2D eigenvalue weighted by molar-refractivity contribution is 5.85. The van der Waals surface area contributed by atoms with Crippen molar-refractivity contribution in [2.75, 3.05) is 6.54 Å². The molecule has 2 N–H and O–H groups in total. The first kappa shape index (κ1) is 15.4. The van der Waals surface area contributed by atoms with Crippen LogP contribution < -0.4 is 11.3 Å². The van der Waals surface area contributed by atoms with E-state index in [-0.39, 0.29) is 31.1 Å². The minimum atomic E-state index is -0.0835. The molecule has 0 saturated heterocycles. The Hall–Kier alpha value is -1.66. The molecule has 0 atom stereocenters. The number of rotatable bonds is 4. The molecule has 0 unspecified atom stereocenters. The second-order valence-electron chi connectivity index (χ2n) is 4.00. The van der Waals surface area contributed by atoms with E-state index in [1.807, 2.05) is 6.92 Å². The first-order valence-corrected chi connectivity index (χ1v) is 5.74. The van der Waals surface area contributed by atoms with Crippen LogP contribution in [0.5, 0.6) is 0 Å². The fourth-order valence-corrected chi connectivity index (χ4v) is 1.79. The number of pyridine rings is 1. The Morgan fingerprint density at radius 3 is 2.89 bits per heavy atom. The molecule has 0 amide bonds. The Morgan fingerprint density at radius 1 is 1.58 bits per heavy atom. The molecule has 2 heterocycles. The number of nitrogens with two attached hydrogens (primary N) is 1. The van der Waals surface area contributed by atoms with Crippen LogP contribution in [0.4, 0.5) is 4.39 Å². The van der Waals surface area contributed by atoms with Gasteiger partial charge in [-0.25, -0.2) is 4.39 Å². The third-order valence-electron chi connectivity index (χ3n) is 2.82. The van der Waals surface area contributed by atoms with Crippen molar-refractivity contribution in [2.24, 2.45) is 5.73 Å². The average Bonchev–Trinajstić information content (AvgIpc) is 2.80. The predicted molar refractivity (Wildman–Crippen MR) is 75.2 cm³/mol. The fourth-order valence-electron chi connectivity index (χ4n) is 1.79. The SMILES string of the molecule is CCn1ccc2nn(CC(=CF)CN)cc2c1=O.Cl. The van der Waals surface area contributed by atoms with Gasteiger partial charge in [0.15, 0.2) is 0 Å². The maximum Gasteiger partial charge on any atom is 0.261 e. The first-order valence-electron chi connectivity index (χ1n) is 5.74. The van der Waals surface area contributed by atoms with E-state index >= 15 is 0 Å². The Kier molecular flexibility index (Phi) is 5.26. The lowest BCUT2D eigenvalue weighted by atomic mass is 10.3. The summed E-state index contributed by atoms with van der Waals surface area (Å²) in [6, 6.07) is 1.78. The minimum absolute atomic E-state index is 0. The molecular weight excluding hydrogens is 271 g/mol. The van der Waals surface area contributed by atoms with E-state index < -0.39 is 0 Å². The van der Waals surface area contributed by atoms with Crippen LogP contribution in [0.15, 0.2) is 35.2 Å². The van der Waals surface area contributed by atoms with E-state index in [0.29, 0.717) is 29.4 Å². The monoisotopic (exact) mass is 286 g/mol. The van der Waals surface area contributed by atoms with Gasteiger partial charge in [0.25, 0.3) is 5.56 Å². The smallest absolute Gasteiger partial charge is 0.261 e. The van der Waals surface area contributed by atoms with E-state index in [4.69, 9.17) is 5.73 Å². The van der Waals surface area contributed by atoms with Crippen LogP contribution in [0, 0.1) is 0 Å². The summed E-state index contributed by atoms with van der Waals surface area (Å²) in [7, 11) is 0. The third kappa shape index (κ3) is 3.02. The van der Waals surface area contributed by atoms with Crippen LogP contribution in [-0.2, 0) is 13.1 Å². The molecule has 2 aromatic heterocycles. The number of hydrogen-bond acceptors (Lipinski definition) is 3. The summed E-state index contributed by atoms with van der Waals surface area (Å²) in [6.07, 6.45) is 3.82. The predicted octanol–water partition coefficient (Wildman–Crippen LogP) is 1.45. The zero-order valence-corrected chi connectivity index (χ0v) is 11.4. The lowest BCUT2D eigenvalue weighted by molar-refractivity contribution is 0.637. The van der Waals surface area contributed by atoms with E-state index in [1.54, 1.807) is 23.0 Å². The first-order chi connectivity index (χ1) is 8.69. The minimum Gasteiger partial charge on any atom is -0.327 e. The zero-order chi connectivity index (χ0) is 13.1. The molecular formula is C12H16ClFN4O. The molecule has 104 valence electrons. The van der Waals surface area contributed by atoms with Gasteiger partial charge in [0.05, 0.1) is 23.8 Å². The number of fused-ring (bicyclic) bond motifs is 1. The zero-order valence-electron chi connectivity index (χ0n) is 10.5. The van der Waals surface area contributed by atoms with Gasteiger partial charge in [-0.2, -0.15) is 5.10 Å². The number of aromatic nitrogens is 3. The van der Waals surface area contributed by atoms with Gasteiger partial charge in [0, 0.05) is 25.5 Å². The van der Waals surface area contributed by atoms with Crippen molar-refractivity contribution >= 4 is 23.3 Å². The summed E-state index contributed by atoms with van der Waals surface area (Å²) in [5.74, 6) is 0. The third-order valence-corrected chi connectivity index (χ3v) is 2.82. The van der Waals surface area contributed by atoms with E-state index in [0.717, 1.165) is 0 Å². The molecule has 0 aromatic carbocycles. The number of halogens is 2. The Morgan fingerprint density at radius 2 is 2.32 bits per heavy atom. The number of aryl methyl sites for hydroxylation is 1. The maximum atomic E-state index is 12.4. The summed E-state index contributed by atoms with van der Waals surface area (Å²) < 4.78 is 15.6. The molecule has 7 heteroatoms. The highest BCUT2D eigenvalue weighted by Crippen LogP contribution is 2.08. The Labute approximate surface area is 115 Å². The van der Waals surface area contributed by atoms with Gasteiger partial charge in [-0.15, -0.1) is 12.4 Å². The standard InChI is InChI=1S/C12H15FN4O.ClH/c1-2-16-4-3-11-10(12(16)18)8-17(15-11)7-9(5-13)6-14;/h3-5,8H,2,6-7,14H2,1H3;1H. The fraction of sp³-hybridized carbons (Fsp3) is 0.333. The second-order valence-corrected chi connectivity index (χ2v) is 4.00. The molecule has 19 heavy (non-hydrogen) atoms. The maximum absolute atomic E-state index is 12.4. The highest BCUT2D eigenvalue weighted by atomic mass is 35.5. The molecule has 2 rings (SSSR count). The molecule has 0 bridgehead atoms. The van der Waals surface area contributed by atoms with Crippen LogP contribution in [0.1, 0.15) is 6.92 Å². The molecule has 5 nitrogen and oxygen atoms in total. The summed E-state index contributed by atoms with van der Waals surface area (Å²) in [6.45, 7) is 2.90. The van der Waals surface area contributed by atoms with Crippen LogP contribution in [0.25, 0.3) is 10.9 Å². The highest BCUT2D eigenvalue weighted by Gasteiger charge is 2.07. The van der Waals surface area contributed by atoms with Crippen molar-refractivity contribution in [1.82, 2.24) is 14.3 Å². The average molecular weight is 287 g/mol. The summed E-state index contributed by atoms with van der Waals surface area (Å²) in [5.41, 5.74) is 6.34. The Balaban J connectivity index is 0.00000180. The van der Waals surface area contributed by atoms with Crippen LogP contribution >= 0.6 is 12.4 Å². The van der Waals surface area contributed by atoms with Crippen molar-refractivity contribution in [2.45, 2.75) is 20.0 Å². The summed E-state index contributed by atoms with van der Waals surface area (Å²) in [5, 5.41) is 4.76. The topological polar surface area (TPSA) is 65.8 Å².